The second-order valence-corrected chi connectivity index (χ2v) is 3.93. The number of carbonyl (C=O) groups excluding carboxylic acids is 1. The van der Waals surface area contributed by atoms with Crippen molar-refractivity contribution < 1.29 is 14.6 Å². The third-order valence-corrected chi connectivity index (χ3v) is 3.01. The Kier molecular flexibility index (Phi) is 4.47. The molecule has 84 valence electrons. The molecule has 0 atom stereocenters. The fraction of sp³-hybridized carbons (Fsp3) is 0.273. The number of nitrogens with zero attached hydrogens (tertiary/aromatic N) is 1. The van der Waals surface area contributed by atoms with Gasteiger partial charge in [0, 0.05) is 4.47 Å². The molecule has 0 heterocycles. The van der Waals surface area contributed by atoms with Crippen molar-refractivity contribution in [3.8, 4) is 6.07 Å². The largest absolute Gasteiger partial charge is 0.469 e. The van der Waals surface area contributed by atoms with Gasteiger partial charge in [0.25, 0.3) is 0 Å². The number of hydrogen-bond donors (Lipinski definition) is 1. The monoisotopic (exact) mass is 283 g/mol. The molecule has 0 unspecified atom stereocenters. The zero-order chi connectivity index (χ0) is 12.1. The number of ether oxygens (including phenoxy) is 1. The van der Waals surface area contributed by atoms with E-state index in [4.69, 9.17) is 10.4 Å². The van der Waals surface area contributed by atoms with Gasteiger partial charge in [0.1, 0.15) is 6.07 Å². The van der Waals surface area contributed by atoms with E-state index < -0.39 is 0 Å². The zero-order valence-corrected chi connectivity index (χ0v) is 10.2. The van der Waals surface area contributed by atoms with Crippen LogP contribution in [-0.2, 0) is 22.6 Å². The van der Waals surface area contributed by atoms with Crippen LogP contribution in [0.2, 0.25) is 0 Å². The first-order chi connectivity index (χ1) is 7.62. The van der Waals surface area contributed by atoms with Crippen LogP contribution in [-0.4, -0.2) is 18.2 Å². The summed E-state index contributed by atoms with van der Waals surface area (Å²) < 4.78 is 5.10. The molecule has 0 spiro atoms. The first kappa shape index (κ1) is 12.7. The Morgan fingerprint density at radius 3 is 2.81 bits per heavy atom. The number of hydrogen-bond acceptors (Lipinski definition) is 4. The molecule has 1 aromatic rings. The van der Waals surface area contributed by atoms with Crippen LogP contribution in [0.1, 0.15) is 16.7 Å². The van der Waals surface area contributed by atoms with Crippen molar-refractivity contribution in [3.63, 3.8) is 0 Å². The molecule has 0 radical (unpaired) electrons. The number of aliphatic hydroxyl groups excluding tert-OH is 1. The summed E-state index contributed by atoms with van der Waals surface area (Å²) in [6.45, 7) is -0.190. The van der Waals surface area contributed by atoms with Crippen molar-refractivity contribution in [1.82, 2.24) is 0 Å². The second kappa shape index (κ2) is 5.64. The molecule has 1 N–H and O–H groups in total. The standard InChI is InChI=1S/C11H10BrNO3/c1-16-10(15)4-7-2-8(5-13)11(12)9(3-7)6-14/h2-3,14H,4,6H2,1H3. The third kappa shape index (κ3) is 2.81. The molecule has 0 saturated carbocycles. The minimum Gasteiger partial charge on any atom is -0.469 e. The van der Waals surface area contributed by atoms with E-state index in [2.05, 4.69) is 20.7 Å². The van der Waals surface area contributed by atoms with Crippen molar-refractivity contribution in [1.29, 1.82) is 5.26 Å². The van der Waals surface area contributed by atoms with Gasteiger partial charge < -0.3 is 9.84 Å². The van der Waals surface area contributed by atoms with Crippen LogP contribution >= 0.6 is 15.9 Å². The van der Waals surface area contributed by atoms with Gasteiger partial charge in [-0.15, -0.1) is 0 Å². The smallest absolute Gasteiger partial charge is 0.309 e. The Labute approximate surface area is 102 Å². The molecule has 0 aliphatic carbocycles. The maximum Gasteiger partial charge on any atom is 0.309 e. The van der Waals surface area contributed by atoms with Crippen LogP contribution < -0.4 is 0 Å². The van der Waals surface area contributed by atoms with E-state index in [9.17, 15) is 4.79 Å². The number of rotatable bonds is 3. The number of carbonyl (C=O) groups is 1. The van der Waals surface area contributed by atoms with Gasteiger partial charge in [-0.05, 0) is 33.1 Å². The molecule has 0 aliphatic rings. The molecule has 0 amide bonds. The Balaban J connectivity index is 3.13. The van der Waals surface area contributed by atoms with E-state index in [0.29, 0.717) is 21.2 Å². The molecular weight excluding hydrogens is 274 g/mol. The summed E-state index contributed by atoms with van der Waals surface area (Å²) in [6.07, 6.45) is 0.0887. The quantitative estimate of drug-likeness (QED) is 0.854. The summed E-state index contributed by atoms with van der Waals surface area (Å²) in [5.41, 5.74) is 1.62. The summed E-state index contributed by atoms with van der Waals surface area (Å²) in [6, 6.07) is 5.26. The predicted molar refractivity (Wildman–Crippen MR) is 60.5 cm³/mol. The summed E-state index contributed by atoms with van der Waals surface area (Å²) in [7, 11) is 1.30. The van der Waals surface area contributed by atoms with Gasteiger partial charge in [-0.1, -0.05) is 6.07 Å². The molecule has 4 nitrogen and oxygen atoms in total. The normalized spacial score (nSPS) is 9.62. The van der Waals surface area contributed by atoms with Crippen molar-refractivity contribution in [2.24, 2.45) is 0 Å². The maximum atomic E-state index is 11.1. The number of benzene rings is 1. The second-order valence-electron chi connectivity index (χ2n) is 3.14. The van der Waals surface area contributed by atoms with Crippen molar-refractivity contribution in [3.05, 3.63) is 33.3 Å². The molecule has 0 aromatic heterocycles. The molecule has 1 aromatic carbocycles. The van der Waals surface area contributed by atoms with Gasteiger partial charge >= 0.3 is 5.97 Å². The molecule has 0 bridgehead atoms. The van der Waals surface area contributed by atoms with Gasteiger partial charge in [-0.2, -0.15) is 5.26 Å². The lowest BCUT2D eigenvalue weighted by atomic mass is 10.0. The number of nitriles is 1. The van der Waals surface area contributed by atoms with E-state index in [0.717, 1.165) is 0 Å². The highest BCUT2D eigenvalue weighted by Crippen LogP contribution is 2.23. The van der Waals surface area contributed by atoms with E-state index in [-0.39, 0.29) is 19.0 Å². The van der Waals surface area contributed by atoms with E-state index in [1.54, 1.807) is 12.1 Å². The van der Waals surface area contributed by atoms with Crippen LogP contribution in [0.25, 0.3) is 0 Å². The summed E-state index contributed by atoms with van der Waals surface area (Å²) >= 11 is 3.22. The Morgan fingerprint density at radius 1 is 1.62 bits per heavy atom. The fourth-order valence-corrected chi connectivity index (χ4v) is 1.73. The van der Waals surface area contributed by atoms with Gasteiger partial charge in [0.05, 0.1) is 25.7 Å². The van der Waals surface area contributed by atoms with Crippen molar-refractivity contribution in [2.45, 2.75) is 13.0 Å². The Morgan fingerprint density at radius 2 is 2.31 bits per heavy atom. The summed E-state index contributed by atoms with van der Waals surface area (Å²) in [4.78, 5) is 11.1. The number of methoxy groups -OCH3 is 1. The molecule has 16 heavy (non-hydrogen) atoms. The van der Waals surface area contributed by atoms with Crippen LogP contribution in [0.15, 0.2) is 16.6 Å². The lowest BCUT2D eigenvalue weighted by molar-refractivity contribution is -0.139. The zero-order valence-electron chi connectivity index (χ0n) is 8.66. The van der Waals surface area contributed by atoms with E-state index in [1.165, 1.54) is 7.11 Å². The van der Waals surface area contributed by atoms with Crippen molar-refractivity contribution in [2.75, 3.05) is 7.11 Å². The van der Waals surface area contributed by atoms with Gasteiger partial charge in [-0.3, -0.25) is 4.79 Å². The highest BCUT2D eigenvalue weighted by atomic mass is 79.9. The van der Waals surface area contributed by atoms with Crippen LogP contribution in [0.3, 0.4) is 0 Å². The Bertz CT molecular complexity index is 451. The average Bonchev–Trinajstić information content (AvgIpc) is 2.30. The lowest BCUT2D eigenvalue weighted by Crippen LogP contribution is -2.05. The topological polar surface area (TPSA) is 70.3 Å². The number of esters is 1. The number of aliphatic hydroxyl groups is 1. The molecule has 0 fully saturated rings. The lowest BCUT2D eigenvalue weighted by Gasteiger charge is -2.07. The Hall–Kier alpha value is -1.38. The highest BCUT2D eigenvalue weighted by molar-refractivity contribution is 9.10. The average molecular weight is 284 g/mol. The first-order valence-corrected chi connectivity index (χ1v) is 5.30. The number of halogens is 1. The molecular formula is C11H10BrNO3. The van der Waals surface area contributed by atoms with Crippen molar-refractivity contribution >= 4 is 21.9 Å². The predicted octanol–water partition coefficient (Wildman–Crippen LogP) is 1.53. The molecule has 0 aliphatic heterocycles. The van der Waals surface area contributed by atoms with Crippen LogP contribution in [0.4, 0.5) is 0 Å². The van der Waals surface area contributed by atoms with Crippen LogP contribution in [0, 0.1) is 11.3 Å². The van der Waals surface area contributed by atoms with E-state index in [1.807, 2.05) is 6.07 Å². The maximum absolute atomic E-state index is 11.1. The highest BCUT2D eigenvalue weighted by Gasteiger charge is 2.10. The van der Waals surface area contributed by atoms with Gasteiger partial charge in [0.2, 0.25) is 0 Å². The third-order valence-electron chi connectivity index (χ3n) is 2.07. The van der Waals surface area contributed by atoms with Gasteiger partial charge in [-0.25, -0.2) is 0 Å². The first-order valence-electron chi connectivity index (χ1n) is 4.51. The minimum atomic E-state index is -0.380. The molecule has 5 heteroatoms. The minimum absolute atomic E-state index is 0.0887. The van der Waals surface area contributed by atoms with E-state index >= 15 is 0 Å². The van der Waals surface area contributed by atoms with Gasteiger partial charge in [0.15, 0.2) is 0 Å². The summed E-state index contributed by atoms with van der Waals surface area (Å²) in [5.74, 6) is -0.380. The fourth-order valence-electron chi connectivity index (χ4n) is 1.29. The SMILES string of the molecule is COC(=O)Cc1cc(C#N)c(Br)c(CO)c1. The molecule has 1 rings (SSSR count). The van der Waals surface area contributed by atoms with Crippen LogP contribution in [0.5, 0.6) is 0 Å². The summed E-state index contributed by atoms with van der Waals surface area (Å²) in [5, 5.41) is 18.0. The molecule has 0 saturated heterocycles.